The molecule has 0 N–H and O–H groups in total. The Morgan fingerprint density at radius 3 is 2.14 bits per heavy atom. The first-order valence-electron chi connectivity index (χ1n) is 9.68. The van der Waals surface area contributed by atoms with Gasteiger partial charge in [-0.25, -0.2) is 0 Å². The Hall–Kier alpha value is -2.51. The van der Waals surface area contributed by atoms with Crippen molar-refractivity contribution in [2.24, 2.45) is 0 Å². The number of ether oxygens (including phenoxy) is 2. The standard InChI is InChI=1S/C20H28FNO6/c1-2-13-27-19(23)9-7-5-3-4-6-8-10-20(24)28-15-16-11-12-17(21)18(14-16)22(25)26/h11-12,14H,2-10,13,15H2,1H3. The molecule has 0 saturated carbocycles. The first-order chi connectivity index (χ1) is 13.4. The zero-order chi connectivity index (χ0) is 20.8. The van der Waals surface area contributed by atoms with Gasteiger partial charge in [-0.1, -0.05) is 38.7 Å². The molecule has 0 spiro atoms. The maximum Gasteiger partial charge on any atom is 0.306 e. The number of hydrogen-bond donors (Lipinski definition) is 0. The molecule has 1 aromatic rings. The highest BCUT2D eigenvalue weighted by Crippen LogP contribution is 2.19. The monoisotopic (exact) mass is 397 g/mol. The SMILES string of the molecule is CCCOC(=O)CCCCCCCCC(=O)OCc1ccc(F)c([N+](=O)[O-])c1. The number of nitrogens with zero attached hydrogens (tertiary/aromatic N) is 1. The van der Waals surface area contributed by atoms with Crippen molar-refractivity contribution in [1.82, 2.24) is 0 Å². The molecule has 0 aromatic heterocycles. The lowest BCUT2D eigenvalue weighted by Crippen LogP contribution is -2.05. The van der Waals surface area contributed by atoms with E-state index in [1.807, 2.05) is 6.92 Å². The molecule has 1 rings (SSSR count). The van der Waals surface area contributed by atoms with Gasteiger partial charge in [0.1, 0.15) is 6.61 Å². The van der Waals surface area contributed by atoms with Gasteiger partial charge in [-0.2, -0.15) is 4.39 Å². The zero-order valence-electron chi connectivity index (χ0n) is 16.3. The molecule has 8 heteroatoms. The summed E-state index contributed by atoms with van der Waals surface area (Å²) < 4.78 is 23.3. The summed E-state index contributed by atoms with van der Waals surface area (Å²) in [4.78, 5) is 32.9. The number of benzene rings is 1. The number of nitro benzene ring substituents is 1. The topological polar surface area (TPSA) is 95.7 Å². The summed E-state index contributed by atoms with van der Waals surface area (Å²) in [5.41, 5.74) is -0.258. The minimum atomic E-state index is -0.919. The van der Waals surface area contributed by atoms with Crippen LogP contribution in [0.5, 0.6) is 0 Å². The molecular weight excluding hydrogens is 369 g/mol. The summed E-state index contributed by atoms with van der Waals surface area (Å²) in [6.45, 7) is 2.32. The van der Waals surface area contributed by atoms with E-state index in [4.69, 9.17) is 9.47 Å². The summed E-state index contributed by atoms with van der Waals surface area (Å²) in [6, 6.07) is 3.42. The number of rotatable bonds is 14. The van der Waals surface area contributed by atoms with Gasteiger partial charge in [-0.15, -0.1) is 0 Å². The van der Waals surface area contributed by atoms with Crippen molar-refractivity contribution in [2.75, 3.05) is 6.61 Å². The van der Waals surface area contributed by atoms with E-state index >= 15 is 0 Å². The fourth-order valence-electron chi connectivity index (χ4n) is 2.56. The van der Waals surface area contributed by atoms with Gasteiger partial charge < -0.3 is 9.47 Å². The number of unbranched alkanes of at least 4 members (excludes halogenated alkanes) is 5. The third-order valence-corrected chi connectivity index (χ3v) is 4.09. The van der Waals surface area contributed by atoms with Gasteiger partial charge in [0.2, 0.25) is 5.82 Å². The third-order valence-electron chi connectivity index (χ3n) is 4.09. The molecule has 0 heterocycles. The molecule has 7 nitrogen and oxygen atoms in total. The van der Waals surface area contributed by atoms with Gasteiger partial charge in [-0.05, 0) is 30.9 Å². The van der Waals surface area contributed by atoms with E-state index in [2.05, 4.69) is 0 Å². The lowest BCUT2D eigenvalue weighted by molar-refractivity contribution is -0.387. The van der Waals surface area contributed by atoms with E-state index in [1.165, 1.54) is 6.07 Å². The molecule has 0 bridgehead atoms. The van der Waals surface area contributed by atoms with E-state index in [-0.39, 0.29) is 25.0 Å². The van der Waals surface area contributed by atoms with E-state index in [1.54, 1.807) is 0 Å². The van der Waals surface area contributed by atoms with Crippen molar-refractivity contribution in [2.45, 2.75) is 71.3 Å². The van der Waals surface area contributed by atoms with Gasteiger partial charge in [0.05, 0.1) is 11.5 Å². The largest absolute Gasteiger partial charge is 0.466 e. The predicted molar refractivity (Wildman–Crippen MR) is 101 cm³/mol. The maximum atomic E-state index is 13.3. The highest BCUT2D eigenvalue weighted by Gasteiger charge is 2.15. The van der Waals surface area contributed by atoms with Crippen LogP contribution in [-0.2, 0) is 25.7 Å². The van der Waals surface area contributed by atoms with Gasteiger partial charge in [0.15, 0.2) is 0 Å². The number of carbonyl (C=O) groups excluding carboxylic acids is 2. The number of halogens is 1. The van der Waals surface area contributed by atoms with Crippen LogP contribution >= 0.6 is 0 Å². The Bertz CT molecular complexity index is 650. The average molecular weight is 397 g/mol. The van der Waals surface area contributed by atoms with Gasteiger partial charge in [0.25, 0.3) is 0 Å². The summed E-state index contributed by atoms with van der Waals surface area (Å²) in [7, 11) is 0. The van der Waals surface area contributed by atoms with Crippen molar-refractivity contribution >= 4 is 17.6 Å². The minimum absolute atomic E-state index is 0.117. The Kier molecular flexibility index (Phi) is 11.5. The zero-order valence-corrected chi connectivity index (χ0v) is 16.3. The first kappa shape index (κ1) is 23.5. The van der Waals surface area contributed by atoms with E-state index < -0.39 is 16.4 Å². The number of hydrogen-bond acceptors (Lipinski definition) is 6. The summed E-state index contributed by atoms with van der Waals surface area (Å²) in [5, 5.41) is 10.7. The van der Waals surface area contributed by atoms with Crippen molar-refractivity contribution in [3.05, 3.63) is 39.7 Å². The molecule has 0 atom stereocenters. The van der Waals surface area contributed by atoms with E-state index in [0.717, 1.165) is 50.7 Å². The van der Waals surface area contributed by atoms with Crippen LogP contribution < -0.4 is 0 Å². The molecule has 0 radical (unpaired) electrons. The molecule has 0 unspecified atom stereocenters. The normalized spacial score (nSPS) is 10.5. The fourth-order valence-corrected chi connectivity index (χ4v) is 2.56. The van der Waals surface area contributed by atoms with Crippen LogP contribution in [0, 0.1) is 15.9 Å². The second kappa shape index (κ2) is 13.6. The fraction of sp³-hybridized carbons (Fsp3) is 0.600. The van der Waals surface area contributed by atoms with Gasteiger partial charge in [-0.3, -0.25) is 19.7 Å². The Morgan fingerprint density at radius 2 is 1.57 bits per heavy atom. The lowest BCUT2D eigenvalue weighted by Gasteiger charge is -2.06. The van der Waals surface area contributed by atoms with E-state index in [0.29, 0.717) is 25.0 Å². The summed E-state index contributed by atoms with van der Waals surface area (Å²) in [5.74, 6) is -1.44. The molecule has 0 fully saturated rings. The summed E-state index contributed by atoms with van der Waals surface area (Å²) in [6.07, 6.45) is 6.87. The molecule has 0 amide bonds. The third kappa shape index (κ3) is 9.99. The van der Waals surface area contributed by atoms with Crippen LogP contribution in [-0.4, -0.2) is 23.5 Å². The van der Waals surface area contributed by atoms with Crippen LogP contribution in [0.4, 0.5) is 10.1 Å². The predicted octanol–water partition coefficient (Wildman–Crippen LogP) is 4.85. The van der Waals surface area contributed by atoms with Crippen LogP contribution in [0.3, 0.4) is 0 Å². The van der Waals surface area contributed by atoms with Crippen LogP contribution in [0.2, 0.25) is 0 Å². The van der Waals surface area contributed by atoms with Gasteiger partial charge in [0, 0.05) is 18.9 Å². The smallest absolute Gasteiger partial charge is 0.306 e. The molecular formula is C20H28FNO6. The van der Waals surface area contributed by atoms with Crippen LogP contribution in [0.1, 0.15) is 70.3 Å². The minimum Gasteiger partial charge on any atom is -0.466 e. The summed E-state index contributed by atoms with van der Waals surface area (Å²) >= 11 is 0. The van der Waals surface area contributed by atoms with Gasteiger partial charge >= 0.3 is 17.6 Å². The Morgan fingerprint density at radius 1 is 1.00 bits per heavy atom. The number of esters is 2. The molecule has 0 aliphatic carbocycles. The highest BCUT2D eigenvalue weighted by molar-refractivity contribution is 5.69. The van der Waals surface area contributed by atoms with Crippen LogP contribution in [0.15, 0.2) is 18.2 Å². The number of nitro groups is 1. The van der Waals surface area contributed by atoms with Crippen LogP contribution in [0.25, 0.3) is 0 Å². The molecule has 0 saturated heterocycles. The molecule has 28 heavy (non-hydrogen) atoms. The maximum absolute atomic E-state index is 13.3. The quantitative estimate of drug-likeness (QED) is 0.193. The number of carbonyl (C=O) groups is 2. The first-order valence-corrected chi connectivity index (χ1v) is 9.68. The molecule has 156 valence electrons. The molecule has 0 aliphatic heterocycles. The van der Waals surface area contributed by atoms with Crippen molar-refractivity contribution < 1.29 is 28.4 Å². The second-order valence-corrected chi connectivity index (χ2v) is 6.55. The lowest BCUT2D eigenvalue weighted by atomic mass is 10.1. The Balaban J connectivity index is 2.08. The van der Waals surface area contributed by atoms with Crippen molar-refractivity contribution in [1.29, 1.82) is 0 Å². The van der Waals surface area contributed by atoms with Crippen molar-refractivity contribution in [3.8, 4) is 0 Å². The average Bonchev–Trinajstić information content (AvgIpc) is 2.67. The van der Waals surface area contributed by atoms with Crippen molar-refractivity contribution in [3.63, 3.8) is 0 Å². The Labute approximate surface area is 164 Å². The van der Waals surface area contributed by atoms with E-state index in [9.17, 15) is 24.1 Å². The molecule has 0 aliphatic rings. The second-order valence-electron chi connectivity index (χ2n) is 6.55. The molecule has 1 aromatic carbocycles. The highest BCUT2D eigenvalue weighted by atomic mass is 19.1.